The van der Waals surface area contributed by atoms with Gasteiger partial charge in [-0.25, -0.2) is 0 Å². The topological polar surface area (TPSA) is 57.5 Å². The largest absolute Gasteiger partial charge is 0.481 e. The van der Waals surface area contributed by atoms with Crippen LogP contribution in [0.15, 0.2) is 25.3 Å². The minimum atomic E-state index is -1.04. The first kappa shape index (κ1) is 10.9. The second-order valence-corrected chi connectivity index (χ2v) is 2.53. The van der Waals surface area contributed by atoms with E-state index in [1.54, 1.807) is 6.08 Å². The second kappa shape index (κ2) is 5.55. The van der Waals surface area contributed by atoms with Crippen molar-refractivity contribution in [2.24, 2.45) is 5.92 Å². The van der Waals surface area contributed by atoms with Crippen molar-refractivity contribution in [1.82, 2.24) is 0 Å². The summed E-state index contributed by atoms with van der Waals surface area (Å²) in [6, 6.07) is 0. The van der Waals surface area contributed by atoms with Gasteiger partial charge in [0.15, 0.2) is 0 Å². The fraction of sp³-hybridized carbons (Fsp3) is 0.444. The number of aliphatic hydroxyl groups excluding tert-OH is 1. The van der Waals surface area contributed by atoms with Crippen molar-refractivity contribution in [2.45, 2.75) is 18.9 Å². The van der Waals surface area contributed by atoms with Crippen molar-refractivity contribution >= 4 is 5.97 Å². The van der Waals surface area contributed by atoms with Crippen LogP contribution in [0.4, 0.5) is 0 Å². The highest BCUT2D eigenvalue weighted by Gasteiger charge is 2.21. The van der Waals surface area contributed by atoms with E-state index in [4.69, 9.17) is 5.11 Å². The van der Waals surface area contributed by atoms with Crippen molar-refractivity contribution < 1.29 is 15.0 Å². The van der Waals surface area contributed by atoms with Crippen LogP contribution in [0.2, 0.25) is 0 Å². The number of aliphatic hydroxyl groups is 1. The molecule has 0 fully saturated rings. The van der Waals surface area contributed by atoms with Gasteiger partial charge < -0.3 is 10.2 Å². The molecule has 0 aromatic rings. The Balaban J connectivity index is 4.01. The van der Waals surface area contributed by atoms with E-state index in [9.17, 15) is 9.90 Å². The first-order valence-corrected chi connectivity index (χ1v) is 3.77. The molecule has 2 N–H and O–H groups in total. The van der Waals surface area contributed by atoms with E-state index in [0.29, 0.717) is 12.8 Å². The van der Waals surface area contributed by atoms with Gasteiger partial charge in [-0.3, -0.25) is 4.79 Å². The number of carbonyl (C=O) groups is 1. The van der Waals surface area contributed by atoms with Gasteiger partial charge in [-0.2, -0.15) is 0 Å². The van der Waals surface area contributed by atoms with Crippen molar-refractivity contribution in [3.8, 4) is 0 Å². The number of allylic oxidation sites excluding steroid dienone is 1. The standard InChI is InChI=1S/C9H14O3/c1-3-5-6-8(10)7(4-2)9(11)12/h3-4,7-8,10H,1-2,5-6H2,(H,11,12)/t7-,8+/m0/s1. The summed E-state index contributed by atoms with van der Waals surface area (Å²) in [5, 5.41) is 17.9. The Morgan fingerprint density at radius 1 is 1.50 bits per heavy atom. The van der Waals surface area contributed by atoms with E-state index in [0.717, 1.165) is 0 Å². The van der Waals surface area contributed by atoms with Crippen LogP contribution in [0.25, 0.3) is 0 Å². The first-order valence-electron chi connectivity index (χ1n) is 3.77. The van der Waals surface area contributed by atoms with Crippen LogP contribution in [-0.2, 0) is 4.79 Å². The molecule has 12 heavy (non-hydrogen) atoms. The monoisotopic (exact) mass is 170 g/mol. The van der Waals surface area contributed by atoms with E-state index in [2.05, 4.69) is 13.2 Å². The van der Waals surface area contributed by atoms with E-state index in [1.165, 1.54) is 6.08 Å². The molecule has 0 aliphatic rings. The molecule has 0 heterocycles. The van der Waals surface area contributed by atoms with Crippen molar-refractivity contribution in [3.63, 3.8) is 0 Å². The summed E-state index contributed by atoms with van der Waals surface area (Å²) in [6.07, 6.45) is 3.05. The first-order chi connectivity index (χ1) is 5.63. The van der Waals surface area contributed by atoms with Gasteiger partial charge in [-0.1, -0.05) is 12.2 Å². The van der Waals surface area contributed by atoms with Crippen molar-refractivity contribution in [3.05, 3.63) is 25.3 Å². The number of hydrogen-bond acceptors (Lipinski definition) is 2. The zero-order chi connectivity index (χ0) is 9.56. The molecule has 0 radical (unpaired) electrons. The van der Waals surface area contributed by atoms with Gasteiger partial charge in [0.25, 0.3) is 0 Å². The predicted molar refractivity (Wildman–Crippen MR) is 46.8 cm³/mol. The average molecular weight is 170 g/mol. The van der Waals surface area contributed by atoms with Gasteiger partial charge >= 0.3 is 5.97 Å². The summed E-state index contributed by atoms with van der Waals surface area (Å²) >= 11 is 0. The molecule has 0 aromatic carbocycles. The van der Waals surface area contributed by atoms with E-state index < -0.39 is 18.0 Å². The number of aliphatic carboxylic acids is 1. The smallest absolute Gasteiger partial charge is 0.312 e. The van der Waals surface area contributed by atoms with Gasteiger partial charge in [0.05, 0.1) is 6.10 Å². The van der Waals surface area contributed by atoms with Gasteiger partial charge in [-0.05, 0) is 12.8 Å². The number of carboxylic acids is 1. The Labute approximate surface area is 72.0 Å². The summed E-state index contributed by atoms with van der Waals surface area (Å²) in [7, 11) is 0. The Morgan fingerprint density at radius 3 is 2.42 bits per heavy atom. The lowest BCUT2D eigenvalue weighted by atomic mass is 9.99. The van der Waals surface area contributed by atoms with Gasteiger partial charge in [0, 0.05) is 0 Å². The molecule has 0 aromatic heterocycles. The summed E-state index contributed by atoms with van der Waals surface area (Å²) in [5.41, 5.74) is 0. The maximum Gasteiger partial charge on any atom is 0.312 e. The second-order valence-electron chi connectivity index (χ2n) is 2.53. The lowest BCUT2D eigenvalue weighted by Crippen LogP contribution is -2.25. The van der Waals surface area contributed by atoms with Crippen LogP contribution in [0.1, 0.15) is 12.8 Å². The van der Waals surface area contributed by atoms with Crippen molar-refractivity contribution in [2.75, 3.05) is 0 Å². The lowest BCUT2D eigenvalue weighted by Gasteiger charge is -2.13. The van der Waals surface area contributed by atoms with Crippen LogP contribution in [0, 0.1) is 5.92 Å². The number of hydrogen-bond donors (Lipinski definition) is 2. The molecule has 0 aliphatic carbocycles. The molecule has 0 aliphatic heterocycles. The molecule has 0 spiro atoms. The van der Waals surface area contributed by atoms with Crippen LogP contribution >= 0.6 is 0 Å². The van der Waals surface area contributed by atoms with E-state index in [-0.39, 0.29) is 0 Å². The van der Waals surface area contributed by atoms with Gasteiger partial charge in [0.2, 0.25) is 0 Å². The summed E-state index contributed by atoms with van der Waals surface area (Å²) < 4.78 is 0. The predicted octanol–water partition coefficient (Wildman–Crippen LogP) is 1.20. The fourth-order valence-electron chi connectivity index (χ4n) is 0.891. The zero-order valence-electron chi connectivity index (χ0n) is 6.94. The zero-order valence-corrected chi connectivity index (χ0v) is 6.94. The summed E-state index contributed by atoms with van der Waals surface area (Å²) in [4.78, 5) is 10.5. The molecular weight excluding hydrogens is 156 g/mol. The fourth-order valence-corrected chi connectivity index (χ4v) is 0.891. The maximum atomic E-state index is 10.5. The normalized spacial score (nSPS) is 14.8. The average Bonchev–Trinajstić information content (AvgIpc) is 2.01. The Bertz CT molecular complexity index is 175. The Hall–Kier alpha value is -1.09. The van der Waals surface area contributed by atoms with Crippen LogP contribution in [0.5, 0.6) is 0 Å². The third kappa shape index (κ3) is 3.34. The van der Waals surface area contributed by atoms with Crippen LogP contribution in [-0.4, -0.2) is 22.3 Å². The molecular formula is C9H14O3. The lowest BCUT2D eigenvalue weighted by molar-refractivity contribution is -0.143. The third-order valence-corrected chi connectivity index (χ3v) is 1.62. The minimum absolute atomic E-state index is 0.409. The highest BCUT2D eigenvalue weighted by atomic mass is 16.4. The van der Waals surface area contributed by atoms with Crippen LogP contribution < -0.4 is 0 Å². The molecule has 68 valence electrons. The van der Waals surface area contributed by atoms with E-state index >= 15 is 0 Å². The Kier molecular flexibility index (Phi) is 5.04. The van der Waals surface area contributed by atoms with E-state index in [1.807, 2.05) is 0 Å². The summed E-state index contributed by atoms with van der Waals surface area (Å²) in [5.74, 6) is -1.91. The SMILES string of the molecule is C=CCC[C@@H](O)[C@H](C=C)C(=O)O. The number of carboxylic acid groups (broad SMARTS) is 1. The Morgan fingerprint density at radius 2 is 2.08 bits per heavy atom. The van der Waals surface area contributed by atoms with Crippen LogP contribution in [0.3, 0.4) is 0 Å². The third-order valence-electron chi connectivity index (χ3n) is 1.62. The molecule has 0 rings (SSSR count). The molecule has 0 amide bonds. The molecule has 3 heteroatoms. The summed E-state index contributed by atoms with van der Waals surface area (Å²) in [6.45, 7) is 6.82. The number of rotatable bonds is 6. The quantitative estimate of drug-likeness (QED) is 0.589. The highest BCUT2D eigenvalue weighted by molar-refractivity contribution is 5.72. The van der Waals surface area contributed by atoms with Gasteiger partial charge in [0.1, 0.15) is 5.92 Å². The van der Waals surface area contributed by atoms with Gasteiger partial charge in [-0.15, -0.1) is 13.2 Å². The molecule has 0 saturated carbocycles. The molecule has 3 nitrogen and oxygen atoms in total. The van der Waals surface area contributed by atoms with Crippen molar-refractivity contribution in [1.29, 1.82) is 0 Å². The molecule has 0 saturated heterocycles. The highest BCUT2D eigenvalue weighted by Crippen LogP contribution is 2.11. The molecule has 2 atom stereocenters. The minimum Gasteiger partial charge on any atom is -0.481 e. The molecule has 0 bridgehead atoms. The molecule has 0 unspecified atom stereocenters. The maximum absolute atomic E-state index is 10.5.